The number of para-hydroxylation sites is 1. The minimum atomic E-state index is -0.290. The summed E-state index contributed by atoms with van der Waals surface area (Å²) in [6.07, 6.45) is 2.23. The van der Waals surface area contributed by atoms with Crippen LogP contribution in [0.3, 0.4) is 0 Å². The Balaban J connectivity index is 1.80. The SMILES string of the molecule is N#Cc1c(N2CCC3(CC2)CNC3)c2ccccc2[nH]c1=O. The van der Waals surface area contributed by atoms with Gasteiger partial charge in [0, 0.05) is 31.6 Å². The van der Waals surface area contributed by atoms with Crippen molar-refractivity contribution in [2.24, 2.45) is 5.41 Å². The number of nitriles is 1. The molecule has 0 radical (unpaired) electrons. The molecule has 2 aliphatic rings. The van der Waals surface area contributed by atoms with Crippen LogP contribution in [0.4, 0.5) is 5.69 Å². The lowest BCUT2D eigenvalue weighted by atomic mass is 9.73. The first kappa shape index (κ1) is 13.4. The Morgan fingerprint density at radius 1 is 1.18 bits per heavy atom. The van der Waals surface area contributed by atoms with Gasteiger partial charge < -0.3 is 15.2 Å². The summed E-state index contributed by atoms with van der Waals surface area (Å²) in [5.41, 5.74) is 2.00. The van der Waals surface area contributed by atoms with E-state index < -0.39 is 0 Å². The molecule has 0 saturated carbocycles. The summed E-state index contributed by atoms with van der Waals surface area (Å²) in [5.74, 6) is 0. The highest BCUT2D eigenvalue weighted by Gasteiger charge is 2.40. The van der Waals surface area contributed by atoms with Gasteiger partial charge in [0.05, 0.1) is 11.2 Å². The van der Waals surface area contributed by atoms with Gasteiger partial charge in [0.2, 0.25) is 0 Å². The summed E-state index contributed by atoms with van der Waals surface area (Å²) in [5, 5.41) is 13.8. The molecule has 1 spiro atoms. The highest BCUT2D eigenvalue weighted by atomic mass is 16.1. The third-order valence-electron chi connectivity index (χ3n) is 5.15. The lowest BCUT2D eigenvalue weighted by molar-refractivity contribution is 0.126. The van der Waals surface area contributed by atoms with Crippen molar-refractivity contribution in [1.29, 1.82) is 5.26 Å². The predicted octanol–water partition coefficient (Wildman–Crippen LogP) is 1.59. The molecular weight excluding hydrogens is 276 g/mol. The van der Waals surface area contributed by atoms with Crippen molar-refractivity contribution in [2.75, 3.05) is 31.1 Å². The van der Waals surface area contributed by atoms with Gasteiger partial charge in [0.1, 0.15) is 11.6 Å². The fourth-order valence-corrected chi connectivity index (χ4v) is 3.69. The van der Waals surface area contributed by atoms with E-state index in [2.05, 4.69) is 21.3 Å². The second kappa shape index (κ2) is 4.85. The van der Waals surface area contributed by atoms with Crippen molar-refractivity contribution in [1.82, 2.24) is 10.3 Å². The molecule has 2 aromatic rings. The van der Waals surface area contributed by atoms with Crippen LogP contribution in [0, 0.1) is 16.7 Å². The van der Waals surface area contributed by atoms with Crippen molar-refractivity contribution >= 4 is 16.6 Å². The van der Waals surface area contributed by atoms with Gasteiger partial charge in [0.25, 0.3) is 5.56 Å². The zero-order valence-electron chi connectivity index (χ0n) is 12.4. The van der Waals surface area contributed by atoms with E-state index in [4.69, 9.17) is 0 Å². The highest BCUT2D eigenvalue weighted by molar-refractivity contribution is 5.94. The van der Waals surface area contributed by atoms with Crippen LogP contribution in [0.1, 0.15) is 18.4 Å². The van der Waals surface area contributed by atoms with Gasteiger partial charge in [0.15, 0.2) is 0 Å². The van der Waals surface area contributed by atoms with Crippen LogP contribution in [-0.4, -0.2) is 31.2 Å². The Hall–Kier alpha value is -2.32. The Kier molecular flexibility index (Phi) is 2.95. The van der Waals surface area contributed by atoms with E-state index in [1.165, 1.54) is 0 Å². The van der Waals surface area contributed by atoms with Crippen LogP contribution in [-0.2, 0) is 0 Å². The molecule has 2 N–H and O–H groups in total. The summed E-state index contributed by atoms with van der Waals surface area (Å²) in [6.45, 7) is 4.01. The quantitative estimate of drug-likeness (QED) is 0.838. The van der Waals surface area contributed by atoms with Gasteiger partial charge in [-0.3, -0.25) is 4.79 Å². The Labute approximate surface area is 128 Å². The van der Waals surface area contributed by atoms with Gasteiger partial charge in [-0.05, 0) is 24.3 Å². The molecule has 112 valence electrons. The maximum atomic E-state index is 12.2. The molecule has 0 aliphatic carbocycles. The van der Waals surface area contributed by atoms with E-state index in [0.29, 0.717) is 5.41 Å². The van der Waals surface area contributed by atoms with Gasteiger partial charge in [-0.25, -0.2) is 0 Å². The van der Waals surface area contributed by atoms with Crippen molar-refractivity contribution in [3.63, 3.8) is 0 Å². The number of hydrogen-bond donors (Lipinski definition) is 2. The van der Waals surface area contributed by atoms with Crippen LogP contribution < -0.4 is 15.8 Å². The van der Waals surface area contributed by atoms with E-state index >= 15 is 0 Å². The molecule has 0 bridgehead atoms. The van der Waals surface area contributed by atoms with E-state index in [1.54, 1.807) is 0 Å². The number of nitrogens with one attached hydrogen (secondary N) is 2. The van der Waals surface area contributed by atoms with E-state index in [9.17, 15) is 10.1 Å². The van der Waals surface area contributed by atoms with Crippen LogP contribution in [0.5, 0.6) is 0 Å². The third kappa shape index (κ3) is 1.92. The zero-order valence-corrected chi connectivity index (χ0v) is 12.4. The maximum Gasteiger partial charge on any atom is 0.268 e. The zero-order chi connectivity index (χ0) is 15.2. The summed E-state index contributed by atoms with van der Waals surface area (Å²) >= 11 is 0. The molecule has 0 atom stereocenters. The molecule has 3 heterocycles. The topological polar surface area (TPSA) is 71.9 Å². The number of nitrogens with zero attached hydrogens (tertiary/aromatic N) is 2. The molecule has 2 saturated heterocycles. The summed E-state index contributed by atoms with van der Waals surface area (Å²) in [6, 6.07) is 9.83. The lowest BCUT2D eigenvalue weighted by Gasteiger charge is -2.49. The van der Waals surface area contributed by atoms with Crippen molar-refractivity contribution < 1.29 is 0 Å². The largest absolute Gasteiger partial charge is 0.370 e. The van der Waals surface area contributed by atoms with Crippen LogP contribution in [0.2, 0.25) is 0 Å². The molecule has 0 amide bonds. The summed E-state index contributed by atoms with van der Waals surface area (Å²) in [7, 11) is 0. The smallest absolute Gasteiger partial charge is 0.268 e. The maximum absolute atomic E-state index is 12.2. The molecule has 22 heavy (non-hydrogen) atoms. The number of rotatable bonds is 1. The Morgan fingerprint density at radius 3 is 2.55 bits per heavy atom. The molecule has 2 aliphatic heterocycles. The van der Waals surface area contributed by atoms with Crippen molar-refractivity contribution in [3.8, 4) is 6.07 Å². The molecular formula is C17H18N4O. The number of aromatic nitrogens is 1. The van der Waals surface area contributed by atoms with Crippen molar-refractivity contribution in [3.05, 3.63) is 40.2 Å². The number of aromatic amines is 1. The Bertz CT molecular complexity index is 819. The number of pyridine rings is 1. The van der Waals surface area contributed by atoms with Crippen LogP contribution >= 0.6 is 0 Å². The number of benzene rings is 1. The number of piperidine rings is 1. The fraction of sp³-hybridized carbons (Fsp3) is 0.412. The van der Waals surface area contributed by atoms with Crippen LogP contribution in [0.15, 0.2) is 29.1 Å². The predicted molar refractivity (Wildman–Crippen MR) is 86.0 cm³/mol. The highest BCUT2D eigenvalue weighted by Crippen LogP contribution is 2.38. The van der Waals surface area contributed by atoms with E-state index in [0.717, 1.165) is 55.6 Å². The van der Waals surface area contributed by atoms with Crippen molar-refractivity contribution in [2.45, 2.75) is 12.8 Å². The molecule has 1 aromatic heterocycles. The first-order valence-corrected chi connectivity index (χ1v) is 7.73. The van der Waals surface area contributed by atoms with Gasteiger partial charge in [-0.15, -0.1) is 0 Å². The number of H-pyrrole nitrogens is 1. The minimum Gasteiger partial charge on any atom is -0.370 e. The average Bonchev–Trinajstić information content (AvgIpc) is 2.52. The van der Waals surface area contributed by atoms with E-state index in [-0.39, 0.29) is 11.1 Å². The standard InChI is InChI=1S/C17H18N4O/c18-9-13-15(12-3-1-2-4-14(12)20-16(13)22)21-7-5-17(6-8-21)10-19-11-17/h1-4,19H,5-8,10-11H2,(H,20,22). The Morgan fingerprint density at radius 2 is 1.91 bits per heavy atom. The second-order valence-corrected chi connectivity index (χ2v) is 6.43. The second-order valence-electron chi connectivity index (χ2n) is 6.43. The average molecular weight is 294 g/mol. The van der Waals surface area contributed by atoms with Gasteiger partial charge in [-0.2, -0.15) is 5.26 Å². The fourth-order valence-electron chi connectivity index (χ4n) is 3.69. The number of fused-ring (bicyclic) bond motifs is 1. The number of hydrogen-bond acceptors (Lipinski definition) is 4. The molecule has 5 heteroatoms. The summed E-state index contributed by atoms with van der Waals surface area (Å²) < 4.78 is 0. The lowest BCUT2D eigenvalue weighted by Crippen LogP contribution is -2.58. The van der Waals surface area contributed by atoms with Gasteiger partial charge in [-0.1, -0.05) is 18.2 Å². The summed E-state index contributed by atoms with van der Waals surface area (Å²) in [4.78, 5) is 17.2. The first-order valence-electron chi connectivity index (χ1n) is 7.73. The normalized spacial score (nSPS) is 19.9. The molecule has 0 unspecified atom stereocenters. The molecule has 4 rings (SSSR count). The monoisotopic (exact) mass is 294 g/mol. The molecule has 2 fully saturated rings. The van der Waals surface area contributed by atoms with Gasteiger partial charge >= 0.3 is 0 Å². The first-order chi connectivity index (χ1) is 10.7. The minimum absolute atomic E-state index is 0.237. The molecule has 1 aromatic carbocycles. The number of anilines is 1. The van der Waals surface area contributed by atoms with E-state index in [1.807, 2.05) is 24.3 Å². The van der Waals surface area contributed by atoms with Crippen LogP contribution in [0.25, 0.3) is 10.9 Å². The third-order valence-corrected chi connectivity index (χ3v) is 5.15. The molecule has 5 nitrogen and oxygen atoms in total.